The Morgan fingerprint density at radius 2 is 2.50 bits per heavy atom. The van der Waals surface area contributed by atoms with Gasteiger partial charge in [-0.2, -0.15) is 0 Å². The molecule has 2 rings (SSSR count). The van der Waals surface area contributed by atoms with E-state index in [2.05, 4.69) is 10.2 Å². The lowest BCUT2D eigenvalue weighted by Gasteiger charge is -2.32. The number of hydrogen-bond acceptors (Lipinski definition) is 4. The third-order valence-corrected chi connectivity index (χ3v) is 4.38. The third kappa shape index (κ3) is 3.31. The van der Waals surface area contributed by atoms with Gasteiger partial charge in [0.2, 0.25) is 0 Å². The fourth-order valence-corrected chi connectivity index (χ4v) is 3.39. The van der Waals surface area contributed by atoms with Crippen LogP contribution in [-0.4, -0.2) is 42.7 Å². The zero-order valence-electron chi connectivity index (χ0n) is 10.7. The number of nitrogens with zero attached hydrogens (tertiary/aromatic N) is 1. The van der Waals surface area contributed by atoms with Gasteiger partial charge >= 0.3 is 5.97 Å². The molecule has 5 heteroatoms. The van der Waals surface area contributed by atoms with Crippen LogP contribution < -0.4 is 5.32 Å². The van der Waals surface area contributed by atoms with E-state index < -0.39 is 5.97 Å². The minimum absolute atomic E-state index is 0.491. The van der Waals surface area contributed by atoms with Gasteiger partial charge in [-0.05, 0) is 55.9 Å². The summed E-state index contributed by atoms with van der Waals surface area (Å²) < 4.78 is 0. The molecule has 18 heavy (non-hydrogen) atoms. The smallest absolute Gasteiger partial charge is 0.346 e. The second kappa shape index (κ2) is 6.31. The molecule has 1 aromatic heterocycles. The van der Waals surface area contributed by atoms with Crippen LogP contribution in [0.15, 0.2) is 11.4 Å². The predicted octanol–water partition coefficient (Wildman–Crippen LogP) is 1.88. The van der Waals surface area contributed by atoms with Crippen LogP contribution in [0.1, 0.15) is 28.1 Å². The highest BCUT2D eigenvalue weighted by Gasteiger charge is 2.21. The zero-order chi connectivity index (χ0) is 13.0. The van der Waals surface area contributed by atoms with Crippen molar-refractivity contribution < 1.29 is 9.90 Å². The molecule has 0 bridgehead atoms. The van der Waals surface area contributed by atoms with Gasteiger partial charge in [-0.3, -0.25) is 4.90 Å². The van der Waals surface area contributed by atoms with Gasteiger partial charge in [0.25, 0.3) is 0 Å². The lowest BCUT2D eigenvalue weighted by Crippen LogP contribution is -2.38. The molecule has 0 amide bonds. The summed E-state index contributed by atoms with van der Waals surface area (Å²) >= 11 is 1.32. The fourth-order valence-electron chi connectivity index (χ4n) is 2.64. The standard InChI is InChI=1S/C13H20N2O2S/c1-14-7-10-3-2-5-15(8-10)9-11-4-6-18-12(11)13(16)17/h4,6,10,14H,2-3,5,7-9H2,1H3,(H,16,17). The highest BCUT2D eigenvalue weighted by molar-refractivity contribution is 7.12. The molecule has 0 saturated carbocycles. The van der Waals surface area contributed by atoms with Crippen molar-refractivity contribution in [3.8, 4) is 0 Å². The van der Waals surface area contributed by atoms with Crippen LogP contribution in [0.4, 0.5) is 0 Å². The molecule has 1 atom stereocenters. The number of likely N-dealkylation sites (tertiary alicyclic amines) is 1. The van der Waals surface area contributed by atoms with E-state index in [-0.39, 0.29) is 0 Å². The van der Waals surface area contributed by atoms with Crippen LogP contribution in [0.2, 0.25) is 0 Å². The quantitative estimate of drug-likeness (QED) is 0.856. The first-order valence-electron chi connectivity index (χ1n) is 6.37. The van der Waals surface area contributed by atoms with Gasteiger partial charge in [0.1, 0.15) is 4.88 Å². The summed E-state index contributed by atoms with van der Waals surface area (Å²) in [7, 11) is 1.99. The van der Waals surface area contributed by atoms with Crippen LogP contribution in [0.5, 0.6) is 0 Å². The van der Waals surface area contributed by atoms with Crippen LogP contribution >= 0.6 is 11.3 Å². The number of piperidine rings is 1. The zero-order valence-corrected chi connectivity index (χ0v) is 11.5. The molecule has 2 N–H and O–H groups in total. The highest BCUT2D eigenvalue weighted by Crippen LogP contribution is 2.22. The Morgan fingerprint density at radius 3 is 3.22 bits per heavy atom. The summed E-state index contributed by atoms with van der Waals surface area (Å²) in [4.78, 5) is 13.9. The van der Waals surface area contributed by atoms with Crippen molar-refractivity contribution in [3.63, 3.8) is 0 Å². The van der Waals surface area contributed by atoms with Gasteiger partial charge in [-0.1, -0.05) is 0 Å². The Bertz CT molecular complexity index is 403. The molecule has 100 valence electrons. The molecule has 0 aliphatic carbocycles. The first-order chi connectivity index (χ1) is 8.70. The highest BCUT2D eigenvalue weighted by atomic mass is 32.1. The van der Waals surface area contributed by atoms with E-state index in [9.17, 15) is 4.79 Å². The van der Waals surface area contributed by atoms with Gasteiger partial charge in [0.05, 0.1) is 0 Å². The van der Waals surface area contributed by atoms with E-state index in [4.69, 9.17) is 5.11 Å². The van der Waals surface area contributed by atoms with E-state index >= 15 is 0 Å². The maximum Gasteiger partial charge on any atom is 0.346 e. The van der Waals surface area contributed by atoms with Crippen molar-refractivity contribution in [2.75, 3.05) is 26.7 Å². The summed E-state index contributed by atoms with van der Waals surface area (Å²) in [5.74, 6) is -0.112. The maximum atomic E-state index is 11.1. The normalized spacial score (nSPS) is 21.1. The minimum Gasteiger partial charge on any atom is -0.477 e. The summed E-state index contributed by atoms with van der Waals surface area (Å²) in [6, 6.07) is 1.94. The van der Waals surface area contributed by atoms with E-state index in [0.29, 0.717) is 10.8 Å². The van der Waals surface area contributed by atoms with Crippen molar-refractivity contribution in [2.45, 2.75) is 19.4 Å². The lowest BCUT2D eigenvalue weighted by atomic mass is 9.97. The monoisotopic (exact) mass is 268 g/mol. The van der Waals surface area contributed by atoms with Crippen molar-refractivity contribution in [1.82, 2.24) is 10.2 Å². The average molecular weight is 268 g/mol. The van der Waals surface area contributed by atoms with Crippen molar-refractivity contribution >= 4 is 17.3 Å². The van der Waals surface area contributed by atoms with E-state index in [1.54, 1.807) is 0 Å². The van der Waals surface area contributed by atoms with Gasteiger partial charge in [-0.15, -0.1) is 11.3 Å². The Balaban J connectivity index is 1.96. The number of carboxylic acids is 1. The van der Waals surface area contributed by atoms with Gasteiger partial charge in [0, 0.05) is 13.1 Å². The number of hydrogen-bond donors (Lipinski definition) is 2. The average Bonchev–Trinajstić information content (AvgIpc) is 2.78. The molecule has 0 radical (unpaired) electrons. The number of nitrogens with one attached hydrogen (secondary N) is 1. The summed E-state index contributed by atoms with van der Waals surface area (Å²) in [6.07, 6.45) is 2.48. The Kier molecular flexibility index (Phi) is 4.74. The minimum atomic E-state index is -0.802. The van der Waals surface area contributed by atoms with Crippen LogP contribution in [0, 0.1) is 5.92 Å². The molecular weight excluding hydrogens is 248 g/mol. The Hall–Kier alpha value is -0.910. The third-order valence-electron chi connectivity index (χ3n) is 3.43. The van der Waals surface area contributed by atoms with Gasteiger partial charge in [-0.25, -0.2) is 4.79 Å². The molecule has 1 aliphatic rings. The van der Waals surface area contributed by atoms with Crippen molar-refractivity contribution in [3.05, 3.63) is 21.9 Å². The molecule has 1 unspecified atom stereocenters. The van der Waals surface area contributed by atoms with Crippen molar-refractivity contribution in [1.29, 1.82) is 0 Å². The number of carboxylic acid groups (broad SMARTS) is 1. The van der Waals surface area contributed by atoms with Crippen LogP contribution in [0.25, 0.3) is 0 Å². The van der Waals surface area contributed by atoms with E-state index in [1.165, 1.54) is 24.2 Å². The lowest BCUT2D eigenvalue weighted by molar-refractivity contribution is 0.0699. The van der Waals surface area contributed by atoms with E-state index in [1.807, 2.05) is 18.5 Å². The SMILES string of the molecule is CNCC1CCCN(Cc2ccsc2C(=O)O)C1. The topological polar surface area (TPSA) is 52.6 Å². The summed E-state index contributed by atoms with van der Waals surface area (Å²) in [6.45, 7) is 3.96. The Labute approximate surface area is 112 Å². The first-order valence-corrected chi connectivity index (χ1v) is 7.25. The molecule has 0 spiro atoms. The predicted molar refractivity (Wildman–Crippen MR) is 73.2 cm³/mol. The molecule has 2 heterocycles. The van der Waals surface area contributed by atoms with Crippen LogP contribution in [0.3, 0.4) is 0 Å². The molecule has 1 aliphatic heterocycles. The largest absolute Gasteiger partial charge is 0.477 e. The Morgan fingerprint density at radius 1 is 1.67 bits per heavy atom. The maximum absolute atomic E-state index is 11.1. The summed E-state index contributed by atoms with van der Waals surface area (Å²) in [5, 5.41) is 14.2. The van der Waals surface area contributed by atoms with Crippen LogP contribution in [-0.2, 0) is 6.54 Å². The summed E-state index contributed by atoms with van der Waals surface area (Å²) in [5.41, 5.74) is 0.956. The molecule has 1 saturated heterocycles. The fraction of sp³-hybridized carbons (Fsp3) is 0.615. The number of carbonyl (C=O) groups is 1. The number of aromatic carboxylic acids is 1. The molecule has 1 aromatic rings. The van der Waals surface area contributed by atoms with Crippen molar-refractivity contribution in [2.24, 2.45) is 5.92 Å². The second-order valence-corrected chi connectivity index (χ2v) is 5.80. The molecule has 4 nitrogen and oxygen atoms in total. The number of rotatable bonds is 5. The van der Waals surface area contributed by atoms with Gasteiger partial charge < -0.3 is 10.4 Å². The van der Waals surface area contributed by atoms with Gasteiger partial charge in [0.15, 0.2) is 0 Å². The molecule has 1 fully saturated rings. The molecular formula is C13H20N2O2S. The number of thiophene rings is 1. The van der Waals surface area contributed by atoms with E-state index in [0.717, 1.165) is 31.7 Å². The second-order valence-electron chi connectivity index (χ2n) is 4.88. The molecule has 0 aromatic carbocycles. The first kappa shape index (κ1) is 13.5.